The number of H-pyrrole nitrogens is 1. The summed E-state index contributed by atoms with van der Waals surface area (Å²) < 4.78 is 4.92. The summed E-state index contributed by atoms with van der Waals surface area (Å²) in [5.74, 6) is 1.11. The van der Waals surface area contributed by atoms with Crippen LogP contribution in [0.15, 0.2) is 24.3 Å². The lowest BCUT2D eigenvalue weighted by molar-refractivity contribution is -0.165. The summed E-state index contributed by atoms with van der Waals surface area (Å²) in [6.07, 6.45) is 0. The molecular weight excluding hydrogens is 418 g/mol. The Morgan fingerprint density at radius 2 is 1.81 bits per heavy atom. The van der Waals surface area contributed by atoms with Crippen LogP contribution in [0, 0.1) is 0 Å². The third-order valence-electron chi connectivity index (χ3n) is 6.35. The average Bonchev–Trinajstić information content (AvgIpc) is 3.39. The van der Waals surface area contributed by atoms with Gasteiger partial charge in [-0.3, -0.25) is 14.9 Å². The Kier molecular flexibility index (Phi) is 4.36. The lowest BCUT2D eigenvalue weighted by Crippen LogP contribution is -2.71. The Bertz CT molecular complexity index is 1020. The van der Waals surface area contributed by atoms with E-state index < -0.39 is 17.7 Å². The number of benzene rings is 1. The molecule has 4 atom stereocenters. The molecule has 4 heterocycles. The summed E-state index contributed by atoms with van der Waals surface area (Å²) in [7, 11) is 1.61. The molecule has 11 heteroatoms. The number of nitrogens with one attached hydrogen (secondary N) is 2. The van der Waals surface area contributed by atoms with Gasteiger partial charge in [-0.25, -0.2) is 5.10 Å². The highest BCUT2D eigenvalue weighted by molar-refractivity contribution is 8.01. The molecule has 3 aliphatic rings. The zero-order valence-electron chi connectivity index (χ0n) is 18.0. The van der Waals surface area contributed by atoms with Gasteiger partial charge in [0.05, 0.1) is 12.8 Å². The monoisotopic (exact) mass is 443 g/mol. The Hall–Kier alpha value is -2.66. The zero-order chi connectivity index (χ0) is 22.1. The summed E-state index contributed by atoms with van der Waals surface area (Å²) >= 11 is 1.68. The van der Waals surface area contributed by atoms with Gasteiger partial charge in [-0.2, -0.15) is 0 Å². The average molecular weight is 444 g/mol. The third-order valence-corrected chi connectivity index (χ3v) is 7.90. The Morgan fingerprint density at radius 1 is 1.10 bits per heavy atom. The molecule has 3 fully saturated rings. The predicted octanol–water partition coefficient (Wildman–Crippen LogP) is 1.22. The number of aromatic nitrogens is 4. The Morgan fingerprint density at radius 3 is 2.42 bits per heavy atom. The highest BCUT2D eigenvalue weighted by atomic mass is 32.2. The zero-order valence-corrected chi connectivity index (χ0v) is 18.8. The first-order valence-corrected chi connectivity index (χ1v) is 11.0. The quantitative estimate of drug-likeness (QED) is 0.678. The van der Waals surface area contributed by atoms with E-state index in [0.29, 0.717) is 5.82 Å². The highest BCUT2D eigenvalue weighted by Crippen LogP contribution is 2.58. The van der Waals surface area contributed by atoms with Crippen LogP contribution in [0.1, 0.15) is 51.2 Å². The van der Waals surface area contributed by atoms with Crippen molar-refractivity contribution in [3.05, 3.63) is 35.7 Å². The van der Waals surface area contributed by atoms with Crippen LogP contribution >= 0.6 is 11.8 Å². The second kappa shape index (κ2) is 6.67. The topological polar surface area (TPSA) is 116 Å². The molecule has 2 N–H and O–H groups in total. The number of rotatable bonds is 4. The minimum Gasteiger partial charge on any atom is -0.497 e. The van der Waals surface area contributed by atoms with Gasteiger partial charge in [-0.1, -0.05) is 12.1 Å². The molecule has 4 unspecified atom stereocenters. The van der Waals surface area contributed by atoms with Gasteiger partial charge in [-0.05, 0) is 55.8 Å². The maximum Gasteiger partial charge on any atom is 0.250 e. The first-order valence-electron chi connectivity index (χ1n) is 10.1. The molecule has 0 aliphatic carbocycles. The number of β-lactam (4-membered cyclic amide) rings is 1. The van der Waals surface area contributed by atoms with Gasteiger partial charge < -0.3 is 14.5 Å². The van der Waals surface area contributed by atoms with Gasteiger partial charge in [0.1, 0.15) is 29.2 Å². The maximum atomic E-state index is 13.5. The minimum atomic E-state index is -0.676. The van der Waals surface area contributed by atoms with Crippen molar-refractivity contribution in [2.45, 2.75) is 61.6 Å². The van der Waals surface area contributed by atoms with E-state index in [1.54, 1.807) is 23.8 Å². The van der Waals surface area contributed by atoms with E-state index >= 15 is 0 Å². The van der Waals surface area contributed by atoms with Crippen LogP contribution in [0.4, 0.5) is 0 Å². The van der Waals surface area contributed by atoms with Crippen molar-refractivity contribution in [3.8, 4) is 5.75 Å². The summed E-state index contributed by atoms with van der Waals surface area (Å²) in [5, 5.41) is 17.5. The van der Waals surface area contributed by atoms with Crippen molar-refractivity contribution < 1.29 is 14.3 Å². The molecule has 2 aromatic rings. The van der Waals surface area contributed by atoms with Gasteiger partial charge in [0.25, 0.3) is 0 Å². The van der Waals surface area contributed by atoms with E-state index in [-0.39, 0.29) is 28.0 Å². The lowest BCUT2D eigenvalue weighted by atomic mass is 9.93. The fourth-order valence-corrected chi connectivity index (χ4v) is 6.65. The standard InChI is InChI=1S/C20H25N7O3S/c1-19(2)14(15-22-24-25-23-15)26-17(29)13(18(26)31-19)27-16(28)12(21-20(27,3)4)10-6-8-11(30-5)9-7-10/h6-9,12-14,18,21H,1-5H3,(H,22,23,24,25). The molecule has 0 spiro atoms. The number of ether oxygens (including phenoxy) is 1. The predicted molar refractivity (Wildman–Crippen MR) is 113 cm³/mol. The van der Waals surface area contributed by atoms with Crippen molar-refractivity contribution in [2.24, 2.45) is 0 Å². The fraction of sp³-hybridized carbons (Fsp3) is 0.550. The van der Waals surface area contributed by atoms with Crippen molar-refractivity contribution in [3.63, 3.8) is 0 Å². The van der Waals surface area contributed by atoms with Crippen LogP contribution < -0.4 is 10.1 Å². The summed E-state index contributed by atoms with van der Waals surface area (Å²) in [6.45, 7) is 8.02. The largest absolute Gasteiger partial charge is 0.497 e. The van der Waals surface area contributed by atoms with Gasteiger partial charge in [0.2, 0.25) is 11.8 Å². The fourth-order valence-electron chi connectivity index (χ4n) is 4.96. The summed E-state index contributed by atoms with van der Waals surface area (Å²) in [5.41, 5.74) is 0.167. The van der Waals surface area contributed by atoms with Crippen molar-refractivity contribution >= 4 is 23.6 Å². The van der Waals surface area contributed by atoms with Crippen molar-refractivity contribution in [2.75, 3.05) is 7.11 Å². The molecule has 0 radical (unpaired) electrons. The number of hydrogen-bond acceptors (Lipinski definition) is 8. The van der Waals surface area contributed by atoms with Gasteiger partial charge >= 0.3 is 0 Å². The van der Waals surface area contributed by atoms with E-state index in [2.05, 4.69) is 39.8 Å². The van der Waals surface area contributed by atoms with Crippen LogP contribution in [0.25, 0.3) is 0 Å². The first-order chi connectivity index (χ1) is 14.7. The van der Waals surface area contributed by atoms with Crippen LogP contribution in [-0.4, -0.2) is 71.2 Å². The number of aromatic amines is 1. The molecule has 1 aromatic heterocycles. The number of tetrazole rings is 1. The molecule has 0 bridgehead atoms. The molecule has 10 nitrogen and oxygen atoms in total. The molecule has 2 amide bonds. The van der Waals surface area contributed by atoms with E-state index in [1.165, 1.54) is 0 Å². The number of nitrogens with zero attached hydrogens (tertiary/aromatic N) is 5. The molecule has 1 aromatic carbocycles. The van der Waals surface area contributed by atoms with E-state index in [4.69, 9.17) is 4.74 Å². The number of carbonyl (C=O) groups excluding carboxylic acids is 2. The van der Waals surface area contributed by atoms with Crippen molar-refractivity contribution in [1.82, 2.24) is 35.7 Å². The molecule has 3 aliphatic heterocycles. The number of hydrogen-bond donors (Lipinski definition) is 2. The van der Waals surface area contributed by atoms with Crippen LogP contribution in [0.5, 0.6) is 5.75 Å². The summed E-state index contributed by atoms with van der Waals surface area (Å²) in [4.78, 5) is 30.4. The molecule has 31 heavy (non-hydrogen) atoms. The third kappa shape index (κ3) is 2.86. The smallest absolute Gasteiger partial charge is 0.250 e. The summed E-state index contributed by atoms with van der Waals surface area (Å²) in [6, 6.07) is 6.10. The van der Waals surface area contributed by atoms with Crippen LogP contribution in [0.2, 0.25) is 0 Å². The van der Waals surface area contributed by atoms with Gasteiger partial charge in [-0.15, -0.1) is 16.9 Å². The van der Waals surface area contributed by atoms with Crippen LogP contribution in [0.3, 0.4) is 0 Å². The Balaban J connectivity index is 1.44. The normalized spacial score (nSPS) is 31.0. The Labute approximate surface area is 184 Å². The molecule has 164 valence electrons. The van der Waals surface area contributed by atoms with E-state index in [0.717, 1.165) is 11.3 Å². The van der Waals surface area contributed by atoms with Gasteiger partial charge in [0, 0.05) is 4.75 Å². The number of fused-ring (bicyclic) bond motifs is 1. The van der Waals surface area contributed by atoms with Gasteiger partial charge in [0.15, 0.2) is 5.82 Å². The second-order valence-corrected chi connectivity index (χ2v) is 10.9. The highest BCUT2D eigenvalue weighted by Gasteiger charge is 2.67. The SMILES string of the molecule is COc1ccc(C2NC(C)(C)N(C3C(=O)N4C3SC(C)(C)C4c3nnn[nH]3)C2=O)cc1. The number of carbonyl (C=O) groups is 2. The van der Waals surface area contributed by atoms with Crippen LogP contribution in [-0.2, 0) is 9.59 Å². The minimum absolute atomic E-state index is 0.0805. The lowest BCUT2D eigenvalue weighted by Gasteiger charge is -2.50. The molecule has 5 rings (SSSR count). The van der Waals surface area contributed by atoms with E-state index in [1.807, 2.05) is 43.0 Å². The molecule has 3 saturated heterocycles. The van der Waals surface area contributed by atoms with E-state index in [9.17, 15) is 9.59 Å². The number of methoxy groups -OCH3 is 1. The molecular formula is C20H25N7O3S. The number of thioether (sulfide) groups is 1. The van der Waals surface area contributed by atoms with Crippen molar-refractivity contribution in [1.29, 1.82) is 0 Å². The second-order valence-electron chi connectivity index (χ2n) is 9.11. The number of amides is 2. The first kappa shape index (κ1) is 20.3. The maximum absolute atomic E-state index is 13.5. The molecule has 0 saturated carbocycles.